The summed E-state index contributed by atoms with van der Waals surface area (Å²) in [6.07, 6.45) is 5.34. The highest BCUT2D eigenvalue weighted by atomic mass is 15.3. The van der Waals surface area contributed by atoms with Gasteiger partial charge in [0.2, 0.25) is 5.65 Å². The molecule has 3 aromatic rings. The van der Waals surface area contributed by atoms with Crippen LogP contribution >= 0.6 is 0 Å². The van der Waals surface area contributed by atoms with E-state index in [2.05, 4.69) is 49.7 Å². The average Bonchev–Trinajstić information content (AvgIpc) is 2.87. The molecule has 0 amide bonds. The zero-order valence-electron chi connectivity index (χ0n) is 10.9. The molecule has 1 aromatic carbocycles. The van der Waals surface area contributed by atoms with Gasteiger partial charge >= 0.3 is 0 Å². The first-order chi connectivity index (χ1) is 9.93. The van der Waals surface area contributed by atoms with Crippen molar-refractivity contribution in [2.75, 3.05) is 18.0 Å². The van der Waals surface area contributed by atoms with E-state index in [0.29, 0.717) is 0 Å². The normalized spacial score (nSPS) is 15.1. The zero-order chi connectivity index (χ0) is 13.4. The minimum Gasteiger partial charge on any atom is -0.322 e. The molecule has 0 fully saturated rings. The Balaban J connectivity index is 1.91. The Morgan fingerprint density at radius 1 is 1.20 bits per heavy atom. The molecule has 0 bridgehead atoms. The van der Waals surface area contributed by atoms with E-state index in [0.717, 1.165) is 31.1 Å². The van der Waals surface area contributed by atoms with Crippen LogP contribution in [-0.2, 0) is 6.54 Å². The van der Waals surface area contributed by atoms with Crippen LogP contribution in [0.4, 0.5) is 11.5 Å². The van der Waals surface area contributed by atoms with Crippen molar-refractivity contribution in [2.24, 2.45) is 0 Å². The summed E-state index contributed by atoms with van der Waals surface area (Å²) in [5.74, 6) is 0.848. The fourth-order valence-electron chi connectivity index (χ4n) is 2.61. The van der Waals surface area contributed by atoms with Crippen molar-refractivity contribution >= 4 is 17.2 Å². The molecule has 2 aromatic heterocycles. The van der Waals surface area contributed by atoms with Gasteiger partial charge in [-0.2, -0.15) is 0 Å². The molecule has 20 heavy (non-hydrogen) atoms. The van der Waals surface area contributed by atoms with E-state index < -0.39 is 0 Å². The van der Waals surface area contributed by atoms with E-state index in [9.17, 15) is 0 Å². The van der Waals surface area contributed by atoms with Crippen LogP contribution in [0.2, 0.25) is 0 Å². The Kier molecular flexibility index (Phi) is 2.60. The molecule has 0 aliphatic carbocycles. The summed E-state index contributed by atoms with van der Waals surface area (Å²) in [6.45, 7) is 2.64. The molecule has 1 N–H and O–H groups in total. The fourth-order valence-corrected chi connectivity index (χ4v) is 2.61. The topological polar surface area (TPSA) is 58.4 Å². The number of anilines is 2. The van der Waals surface area contributed by atoms with Crippen LogP contribution in [0.5, 0.6) is 0 Å². The molecule has 0 spiro atoms. The number of hydrogen-bond donors (Lipinski definition) is 1. The zero-order valence-corrected chi connectivity index (χ0v) is 10.9. The van der Waals surface area contributed by atoms with E-state index in [1.165, 1.54) is 11.3 Å². The van der Waals surface area contributed by atoms with E-state index >= 15 is 0 Å². The van der Waals surface area contributed by atoms with Gasteiger partial charge in [0.1, 0.15) is 6.33 Å². The summed E-state index contributed by atoms with van der Waals surface area (Å²) < 4.78 is 1.89. The van der Waals surface area contributed by atoms with E-state index in [4.69, 9.17) is 0 Å². The Bertz CT molecular complexity index is 750. The molecule has 4 rings (SSSR count). The number of nitrogens with one attached hydrogen (secondary N) is 1. The van der Waals surface area contributed by atoms with Gasteiger partial charge in [-0.3, -0.25) is 4.40 Å². The number of rotatable bonds is 1. The van der Waals surface area contributed by atoms with Crippen LogP contribution < -0.4 is 10.2 Å². The predicted molar refractivity (Wildman–Crippen MR) is 75.9 cm³/mol. The van der Waals surface area contributed by atoms with Crippen LogP contribution in [0, 0.1) is 0 Å². The van der Waals surface area contributed by atoms with Crippen molar-refractivity contribution in [1.29, 1.82) is 0 Å². The molecule has 0 atom stereocenters. The third-order valence-electron chi connectivity index (χ3n) is 3.56. The molecule has 1 aliphatic heterocycles. The first-order valence-corrected chi connectivity index (χ1v) is 6.64. The molecule has 0 radical (unpaired) electrons. The second kappa shape index (κ2) is 4.57. The Labute approximate surface area is 116 Å². The molecule has 0 saturated carbocycles. The smallest absolute Gasteiger partial charge is 0.204 e. The standard InChI is InChI=1S/C14H14N6/c1-2-4-12-11(3-1)9-15-5-8-20(12)13-14-18-17-10-19(14)7-6-16-13/h1-4,6-7,10,15H,5,8-9H2. The number of para-hydroxylation sites is 1. The molecule has 0 unspecified atom stereocenters. The van der Waals surface area contributed by atoms with Crippen molar-refractivity contribution in [3.63, 3.8) is 0 Å². The summed E-state index contributed by atoms with van der Waals surface area (Å²) in [5.41, 5.74) is 3.23. The van der Waals surface area contributed by atoms with Gasteiger partial charge in [-0.25, -0.2) is 4.98 Å². The van der Waals surface area contributed by atoms with Gasteiger partial charge in [0.15, 0.2) is 5.82 Å². The number of benzene rings is 1. The van der Waals surface area contributed by atoms with Gasteiger partial charge < -0.3 is 10.2 Å². The molecular weight excluding hydrogens is 252 g/mol. The summed E-state index contributed by atoms with van der Waals surface area (Å²) in [4.78, 5) is 6.73. The van der Waals surface area contributed by atoms with E-state index in [1.54, 1.807) is 12.5 Å². The summed E-state index contributed by atoms with van der Waals surface area (Å²) in [7, 11) is 0. The van der Waals surface area contributed by atoms with Crippen molar-refractivity contribution in [3.8, 4) is 0 Å². The highest BCUT2D eigenvalue weighted by molar-refractivity contribution is 5.73. The lowest BCUT2D eigenvalue weighted by atomic mass is 10.1. The van der Waals surface area contributed by atoms with Crippen molar-refractivity contribution in [3.05, 3.63) is 48.5 Å². The maximum Gasteiger partial charge on any atom is 0.204 e. The Hall–Kier alpha value is -2.47. The lowest BCUT2D eigenvalue weighted by Crippen LogP contribution is -2.25. The highest BCUT2D eigenvalue weighted by Gasteiger charge is 2.20. The van der Waals surface area contributed by atoms with Crippen LogP contribution in [-0.4, -0.2) is 32.7 Å². The quantitative estimate of drug-likeness (QED) is 0.721. The minimum atomic E-state index is 0.782. The summed E-state index contributed by atoms with van der Waals surface area (Å²) >= 11 is 0. The molecular formula is C14H14N6. The van der Waals surface area contributed by atoms with E-state index in [-0.39, 0.29) is 0 Å². The summed E-state index contributed by atoms with van der Waals surface area (Å²) in [5, 5.41) is 11.6. The lowest BCUT2D eigenvalue weighted by molar-refractivity contribution is 0.711. The molecule has 6 heteroatoms. The average molecular weight is 266 g/mol. The molecule has 0 saturated heterocycles. The number of hydrogen-bond acceptors (Lipinski definition) is 5. The first-order valence-electron chi connectivity index (χ1n) is 6.64. The highest BCUT2D eigenvalue weighted by Crippen LogP contribution is 2.30. The molecule has 3 heterocycles. The third-order valence-corrected chi connectivity index (χ3v) is 3.56. The van der Waals surface area contributed by atoms with Gasteiger partial charge in [0.05, 0.1) is 0 Å². The summed E-state index contributed by atoms with van der Waals surface area (Å²) in [6, 6.07) is 8.39. The van der Waals surface area contributed by atoms with Crippen LogP contribution in [0.25, 0.3) is 5.65 Å². The lowest BCUT2D eigenvalue weighted by Gasteiger charge is -2.23. The van der Waals surface area contributed by atoms with E-state index in [1.807, 2.05) is 10.6 Å². The third kappa shape index (κ3) is 1.73. The first kappa shape index (κ1) is 11.4. The van der Waals surface area contributed by atoms with Crippen LogP contribution in [0.1, 0.15) is 5.56 Å². The minimum absolute atomic E-state index is 0.782. The maximum atomic E-state index is 4.52. The number of nitrogens with zero attached hydrogens (tertiary/aromatic N) is 5. The van der Waals surface area contributed by atoms with Gasteiger partial charge in [-0.1, -0.05) is 18.2 Å². The molecule has 100 valence electrons. The van der Waals surface area contributed by atoms with Crippen LogP contribution in [0.15, 0.2) is 43.0 Å². The maximum absolute atomic E-state index is 4.52. The van der Waals surface area contributed by atoms with Crippen molar-refractivity contribution in [1.82, 2.24) is 24.9 Å². The Morgan fingerprint density at radius 3 is 3.15 bits per heavy atom. The van der Waals surface area contributed by atoms with Crippen molar-refractivity contribution < 1.29 is 0 Å². The van der Waals surface area contributed by atoms with Gasteiger partial charge in [0.25, 0.3) is 0 Å². The number of fused-ring (bicyclic) bond motifs is 2. The number of aromatic nitrogens is 4. The molecule has 1 aliphatic rings. The predicted octanol–water partition coefficient (Wildman–Crippen LogP) is 1.37. The van der Waals surface area contributed by atoms with Gasteiger partial charge in [0, 0.05) is 37.7 Å². The fraction of sp³-hybridized carbons (Fsp3) is 0.214. The largest absolute Gasteiger partial charge is 0.322 e. The Morgan fingerprint density at radius 2 is 2.15 bits per heavy atom. The molecule has 6 nitrogen and oxygen atoms in total. The van der Waals surface area contributed by atoms with Gasteiger partial charge in [-0.05, 0) is 11.6 Å². The van der Waals surface area contributed by atoms with Crippen molar-refractivity contribution in [2.45, 2.75) is 6.54 Å². The second-order valence-electron chi connectivity index (χ2n) is 4.77. The monoisotopic (exact) mass is 266 g/mol. The van der Waals surface area contributed by atoms with Crippen LogP contribution in [0.3, 0.4) is 0 Å². The SMILES string of the molecule is c1ccc2c(c1)CNCCN2c1nccn2cnnc12. The second-order valence-corrected chi connectivity index (χ2v) is 4.77. The van der Waals surface area contributed by atoms with Gasteiger partial charge in [-0.15, -0.1) is 10.2 Å².